The van der Waals surface area contributed by atoms with Crippen molar-refractivity contribution in [2.75, 3.05) is 26.2 Å². The number of rotatable bonds is 8. The van der Waals surface area contributed by atoms with Gasteiger partial charge in [-0.05, 0) is 45.2 Å². The van der Waals surface area contributed by atoms with Gasteiger partial charge in [0.15, 0.2) is 0 Å². The number of nitrogens with zero attached hydrogens (tertiary/aromatic N) is 1. The van der Waals surface area contributed by atoms with Crippen molar-refractivity contribution in [2.45, 2.75) is 58.4 Å². The fourth-order valence-electron chi connectivity index (χ4n) is 3.18. The summed E-state index contributed by atoms with van der Waals surface area (Å²) in [5, 5.41) is 5.82. The van der Waals surface area contributed by atoms with Crippen LogP contribution < -0.4 is 10.6 Å². The number of amides is 2. The van der Waals surface area contributed by atoms with E-state index in [1.165, 1.54) is 45.7 Å². The standard InChI is InChI=1S/C16H29N3O2/c1-3-6-14(18-13(2)20)15(21)17-11-16(7-8-16)12-19-9-4-5-10-19/h14H,3-12H2,1-2H3,(H,17,21)(H,18,20)/t14-/m1/s1. The first-order valence-electron chi connectivity index (χ1n) is 8.32. The van der Waals surface area contributed by atoms with Crippen molar-refractivity contribution in [1.29, 1.82) is 0 Å². The Hall–Kier alpha value is -1.10. The first-order valence-corrected chi connectivity index (χ1v) is 8.32. The zero-order chi connectivity index (χ0) is 15.3. The maximum atomic E-state index is 12.2. The summed E-state index contributed by atoms with van der Waals surface area (Å²) in [6.07, 6.45) is 6.62. The fraction of sp³-hybridized carbons (Fsp3) is 0.875. The minimum Gasteiger partial charge on any atom is -0.354 e. The predicted molar refractivity (Wildman–Crippen MR) is 82.9 cm³/mol. The van der Waals surface area contributed by atoms with Gasteiger partial charge in [-0.1, -0.05) is 13.3 Å². The monoisotopic (exact) mass is 295 g/mol. The van der Waals surface area contributed by atoms with Gasteiger partial charge < -0.3 is 15.5 Å². The van der Waals surface area contributed by atoms with Crippen LogP contribution in [0.3, 0.4) is 0 Å². The normalized spacial score (nSPS) is 21.8. The van der Waals surface area contributed by atoms with Gasteiger partial charge >= 0.3 is 0 Å². The molecule has 1 saturated carbocycles. The summed E-state index contributed by atoms with van der Waals surface area (Å²) in [6, 6.07) is -0.380. The number of carbonyl (C=O) groups is 2. The second kappa shape index (κ2) is 7.25. The number of nitrogens with one attached hydrogen (secondary N) is 2. The summed E-state index contributed by atoms with van der Waals surface area (Å²) < 4.78 is 0. The van der Waals surface area contributed by atoms with E-state index in [0.717, 1.165) is 19.5 Å². The molecule has 1 saturated heterocycles. The van der Waals surface area contributed by atoms with Crippen LogP contribution in [0.1, 0.15) is 52.4 Å². The van der Waals surface area contributed by atoms with Crippen LogP contribution in [-0.2, 0) is 9.59 Å². The van der Waals surface area contributed by atoms with Crippen molar-refractivity contribution in [1.82, 2.24) is 15.5 Å². The molecule has 0 bridgehead atoms. The second-order valence-corrected chi connectivity index (χ2v) is 6.74. The summed E-state index contributed by atoms with van der Waals surface area (Å²) >= 11 is 0. The molecule has 21 heavy (non-hydrogen) atoms. The molecule has 5 heteroatoms. The molecule has 120 valence electrons. The van der Waals surface area contributed by atoms with Crippen molar-refractivity contribution < 1.29 is 9.59 Å². The Balaban J connectivity index is 1.77. The highest BCUT2D eigenvalue weighted by molar-refractivity contribution is 5.86. The van der Waals surface area contributed by atoms with Gasteiger partial charge in [0, 0.05) is 25.4 Å². The quantitative estimate of drug-likeness (QED) is 0.709. The zero-order valence-electron chi connectivity index (χ0n) is 13.4. The molecule has 0 aromatic rings. The molecule has 2 amide bonds. The molecule has 2 rings (SSSR count). The van der Waals surface area contributed by atoms with Gasteiger partial charge in [0.25, 0.3) is 0 Å². The van der Waals surface area contributed by atoms with Crippen LogP contribution in [0.5, 0.6) is 0 Å². The van der Waals surface area contributed by atoms with E-state index in [-0.39, 0.29) is 17.9 Å². The smallest absolute Gasteiger partial charge is 0.242 e. The lowest BCUT2D eigenvalue weighted by molar-refractivity contribution is -0.128. The van der Waals surface area contributed by atoms with Crippen LogP contribution in [0.4, 0.5) is 0 Å². The molecule has 5 nitrogen and oxygen atoms in total. The van der Waals surface area contributed by atoms with Crippen LogP contribution >= 0.6 is 0 Å². The minimum absolute atomic E-state index is 0.0280. The lowest BCUT2D eigenvalue weighted by Gasteiger charge is -2.24. The van der Waals surface area contributed by atoms with E-state index in [1.54, 1.807) is 0 Å². The Bertz CT molecular complexity index is 374. The average Bonchev–Trinajstić information content (AvgIpc) is 3.00. The molecule has 1 atom stereocenters. The molecule has 2 aliphatic rings. The Morgan fingerprint density at radius 2 is 1.90 bits per heavy atom. The highest BCUT2D eigenvalue weighted by Gasteiger charge is 2.44. The van der Waals surface area contributed by atoms with Gasteiger partial charge in [-0.3, -0.25) is 9.59 Å². The van der Waals surface area contributed by atoms with E-state index >= 15 is 0 Å². The Labute approximate surface area is 127 Å². The van der Waals surface area contributed by atoms with Gasteiger partial charge in [-0.2, -0.15) is 0 Å². The van der Waals surface area contributed by atoms with Crippen LogP contribution in [-0.4, -0.2) is 48.9 Å². The molecular formula is C16H29N3O2. The van der Waals surface area contributed by atoms with Crippen molar-refractivity contribution in [3.05, 3.63) is 0 Å². The van der Waals surface area contributed by atoms with Crippen LogP contribution in [0.2, 0.25) is 0 Å². The first-order chi connectivity index (χ1) is 10.0. The molecule has 0 aromatic carbocycles. The van der Waals surface area contributed by atoms with E-state index in [4.69, 9.17) is 0 Å². The average molecular weight is 295 g/mol. The van der Waals surface area contributed by atoms with Gasteiger partial charge in [0.2, 0.25) is 11.8 Å². The van der Waals surface area contributed by atoms with Gasteiger partial charge in [0.1, 0.15) is 6.04 Å². The highest BCUT2D eigenvalue weighted by Crippen LogP contribution is 2.46. The zero-order valence-corrected chi connectivity index (χ0v) is 13.4. The predicted octanol–water partition coefficient (Wildman–Crippen LogP) is 1.28. The summed E-state index contributed by atoms with van der Waals surface area (Å²) in [5.41, 5.74) is 0.299. The van der Waals surface area contributed by atoms with E-state index < -0.39 is 0 Å². The molecule has 2 N–H and O–H groups in total. The topological polar surface area (TPSA) is 61.4 Å². The number of likely N-dealkylation sites (tertiary alicyclic amines) is 1. The Kier molecular flexibility index (Phi) is 5.62. The maximum absolute atomic E-state index is 12.2. The van der Waals surface area contributed by atoms with Crippen molar-refractivity contribution in [3.8, 4) is 0 Å². The van der Waals surface area contributed by atoms with Crippen LogP contribution in [0, 0.1) is 5.41 Å². The van der Waals surface area contributed by atoms with Crippen molar-refractivity contribution >= 4 is 11.8 Å². The second-order valence-electron chi connectivity index (χ2n) is 6.74. The molecular weight excluding hydrogens is 266 g/mol. The van der Waals surface area contributed by atoms with E-state index in [9.17, 15) is 9.59 Å². The largest absolute Gasteiger partial charge is 0.354 e. The first kappa shape index (κ1) is 16.3. The molecule has 0 spiro atoms. The van der Waals surface area contributed by atoms with Gasteiger partial charge in [0.05, 0.1) is 0 Å². The maximum Gasteiger partial charge on any atom is 0.242 e. The third-order valence-corrected chi connectivity index (χ3v) is 4.62. The summed E-state index contributed by atoms with van der Waals surface area (Å²) in [7, 11) is 0. The third kappa shape index (κ3) is 4.99. The van der Waals surface area contributed by atoms with E-state index in [0.29, 0.717) is 11.8 Å². The van der Waals surface area contributed by atoms with Crippen molar-refractivity contribution in [2.24, 2.45) is 5.41 Å². The fourth-order valence-corrected chi connectivity index (χ4v) is 3.18. The molecule has 1 aliphatic carbocycles. The lowest BCUT2D eigenvalue weighted by Crippen LogP contribution is -2.48. The number of carbonyl (C=O) groups excluding carboxylic acids is 2. The summed E-state index contributed by atoms with van der Waals surface area (Å²) in [6.45, 7) is 7.78. The summed E-state index contributed by atoms with van der Waals surface area (Å²) in [4.78, 5) is 25.9. The lowest BCUT2D eigenvalue weighted by atomic mass is 10.1. The third-order valence-electron chi connectivity index (χ3n) is 4.62. The van der Waals surface area contributed by atoms with E-state index in [2.05, 4.69) is 15.5 Å². The molecule has 0 unspecified atom stereocenters. The Morgan fingerprint density at radius 3 is 2.43 bits per heavy atom. The SMILES string of the molecule is CCC[C@@H](NC(C)=O)C(=O)NCC1(CN2CCCC2)CC1. The molecule has 1 aliphatic heterocycles. The highest BCUT2D eigenvalue weighted by atomic mass is 16.2. The number of hydrogen-bond donors (Lipinski definition) is 2. The van der Waals surface area contributed by atoms with E-state index in [1.807, 2.05) is 6.92 Å². The van der Waals surface area contributed by atoms with Gasteiger partial charge in [-0.15, -0.1) is 0 Å². The minimum atomic E-state index is -0.380. The van der Waals surface area contributed by atoms with Crippen LogP contribution in [0.25, 0.3) is 0 Å². The molecule has 0 radical (unpaired) electrons. The molecule has 0 aromatic heterocycles. The molecule has 2 fully saturated rings. The number of hydrogen-bond acceptors (Lipinski definition) is 3. The van der Waals surface area contributed by atoms with Crippen molar-refractivity contribution in [3.63, 3.8) is 0 Å². The molecule has 1 heterocycles. The summed E-state index contributed by atoms with van der Waals surface area (Å²) in [5.74, 6) is -0.165. The van der Waals surface area contributed by atoms with Crippen LogP contribution in [0.15, 0.2) is 0 Å². The van der Waals surface area contributed by atoms with Gasteiger partial charge in [-0.25, -0.2) is 0 Å². The Morgan fingerprint density at radius 1 is 1.24 bits per heavy atom.